The van der Waals surface area contributed by atoms with E-state index in [4.69, 9.17) is 19.3 Å². The molecule has 8 nitrogen and oxygen atoms in total. The van der Waals surface area contributed by atoms with Gasteiger partial charge < -0.3 is 39.7 Å². The Labute approximate surface area is 116 Å². The fraction of sp³-hybridized carbons (Fsp3) is 1.00. The van der Waals surface area contributed by atoms with Crippen molar-refractivity contribution in [3.63, 3.8) is 0 Å². The van der Waals surface area contributed by atoms with E-state index in [2.05, 4.69) is 0 Å². The van der Waals surface area contributed by atoms with Crippen molar-refractivity contribution >= 4 is 0 Å². The molecule has 0 saturated carbocycles. The Morgan fingerprint density at radius 1 is 0.950 bits per heavy atom. The first-order chi connectivity index (χ1) is 9.52. The average molecular weight is 294 g/mol. The molecule has 0 bridgehead atoms. The molecular formula is C12H22O8. The summed E-state index contributed by atoms with van der Waals surface area (Å²) in [6.45, 7) is -0.381. The topological polar surface area (TPSA) is 129 Å². The molecule has 2 aliphatic rings. The van der Waals surface area contributed by atoms with Crippen LogP contribution in [0.4, 0.5) is 0 Å². The van der Waals surface area contributed by atoms with Crippen molar-refractivity contribution in [3.05, 3.63) is 0 Å². The fourth-order valence-electron chi connectivity index (χ4n) is 2.35. The zero-order valence-electron chi connectivity index (χ0n) is 11.0. The number of hydrogen-bond acceptors (Lipinski definition) is 8. The van der Waals surface area contributed by atoms with Crippen LogP contribution in [0.5, 0.6) is 0 Å². The van der Waals surface area contributed by atoms with Crippen molar-refractivity contribution in [1.82, 2.24) is 0 Å². The summed E-state index contributed by atoms with van der Waals surface area (Å²) in [4.78, 5) is 0. The van der Waals surface area contributed by atoms with Crippen molar-refractivity contribution in [2.45, 2.75) is 55.8 Å². The van der Waals surface area contributed by atoms with Gasteiger partial charge in [0.05, 0.1) is 25.9 Å². The van der Waals surface area contributed by atoms with E-state index < -0.39 is 42.9 Å². The van der Waals surface area contributed by atoms with E-state index in [-0.39, 0.29) is 19.8 Å². The third-order valence-corrected chi connectivity index (χ3v) is 3.69. The second kappa shape index (κ2) is 7.10. The van der Waals surface area contributed by atoms with Gasteiger partial charge in [0.2, 0.25) is 0 Å². The Hall–Kier alpha value is -0.320. The Bertz CT molecular complexity index is 301. The minimum absolute atomic E-state index is 0.0101. The zero-order valence-corrected chi connectivity index (χ0v) is 11.0. The molecule has 2 fully saturated rings. The average Bonchev–Trinajstić information content (AvgIpc) is 2.45. The molecule has 8 heteroatoms. The molecule has 0 aliphatic carbocycles. The fourth-order valence-corrected chi connectivity index (χ4v) is 2.35. The predicted octanol–water partition coefficient (Wildman–Crippen LogP) is -2.66. The molecule has 0 aromatic rings. The smallest absolute Gasteiger partial charge is 0.158 e. The van der Waals surface area contributed by atoms with Crippen LogP contribution in [0.15, 0.2) is 0 Å². The molecule has 2 heterocycles. The molecule has 118 valence electrons. The Balaban J connectivity index is 1.77. The van der Waals surface area contributed by atoms with Crippen LogP contribution in [0.25, 0.3) is 0 Å². The summed E-state index contributed by atoms with van der Waals surface area (Å²) < 4.78 is 16.0. The SMILES string of the molecule is OC[C@H]1O[C@@H](OC[C@H]2OC[C@H](O)[C@H](O)[C@@H]2O)CC[C@@H]1O. The number of aliphatic hydroxyl groups is 5. The minimum atomic E-state index is -1.27. The number of rotatable bonds is 4. The Morgan fingerprint density at radius 3 is 2.40 bits per heavy atom. The first kappa shape index (κ1) is 16.1. The van der Waals surface area contributed by atoms with Gasteiger partial charge >= 0.3 is 0 Å². The maximum atomic E-state index is 9.74. The highest BCUT2D eigenvalue weighted by molar-refractivity contribution is 4.86. The highest BCUT2D eigenvalue weighted by Gasteiger charge is 2.38. The molecular weight excluding hydrogens is 272 g/mol. The summed E-state index contributed by atoms with van der Waals surface area (Å²) in [5, 5.41) is 47.2. The molecule has 0 amide bonds. The van der Waals surface area contributed by atoms with Crippen molar-refractivity contribution in [2.75, 3.05) is 19.8 Å². The van der Waals surface area contributed by atoms with Gasteiger partial charge in [0, 0.05) is 6.42 Å². The lowest BCUT2D eigenvalue weighted by Gasteiger charge is -2.37. The Kier molecular flexibility index (Phi) is 5.70. The van der Waals surface area contributed by atoms with E-state index >= 15 is 0 Å². The lowest BCUT2D eigenvalue weighted by molar-refractivity contribution is -0.255. The van der Waals surface area contributed by atoms with Crippen LogP contribution >= 0.6 is 0 Å². The van der Waals surface area contributed by atoms with Crippen LogP contribution in [0.3, 0.4) is 0 Å². The second-order valence-electron chi connectivity index (χ2n) is 5.19. The zero-order chi connectivity index (χ0) is 14.7. The van der Waals surface area contributed by atoms with Gasteiger partial charge in [0.1, 0.15) is 30.5 Å². The highest BCUT2D eigenvalue weighted by atomic mass is 16.7. The predicted molar refractivity (Wildman–Crippen MR) is 64.7 cm³/mol. The van der Waals surface area contributed by atoms with E-state index in [1.54, 1.807) is 0 Å². The van der Waals surface area contributed by atoms with Gasteiger partial charge in [-0.25, -0.2) is 0 Å². The largest absolute Gasteiger partial charge is 0.394 e. The standard InChI is InChI=1S/C12H22O8/c13-3-8-6(14)1-2-10(20-8)19-5-9-12(17)11(16)7(15)4-18-9/h6-17H,1-5H2/t6-,7-,8+,9+,10+,11-,12+/m0/s1. The monoisotopic (exact) mass is 294 g/mol. The molecule has 20 heavy (non-hydrogen) atoms. The van der Waals surface area contributed by atoms with Crippen LogP contribution in [-0.2, 0) is 14.2 Å². The molecule has 2 aliphatic heterocycles. The van der Waals surface area contributed by atoms with E-state index in [9.17, 15) is 20.4 Å². The van der Waals surface area contributed by atoms with E-state index in [0.29, 0.717) is 12.8 Å². The van der Waals surface area contributed by atoms with Crippen molar-refractivity contribution in [3.8, 4) is 0 Å². The molecule has 0 spiro atoms. The third-order valence-electron chi connectivity index (χ3n) is 3.69. The molecule has 0 aromatic carbocycles. The molecule has 7 atom stereocenters. The Morgan fingerprint density at radius 2 is 1.70 bits per heavy atom. The molecule has 2 saturated heterocycles. The quantitative estimate of drug-likeness (QED) is 0.380. The summed E-state index contributed by atoms with van der Waals surface area (Å²) >= 11 is 0. The summed E-state index contributed by atoms with van der Waals surface area (Å²) in [5.41, 5.74) is 0. The van der Waals surface area contributed by atoms with E-state index in [1.165, 1.54) is 0 Å². The first-order valence-corrected chi connectivity index (χ1v) is 6.74. The summed E-state index contributed by atoms with van der Waals surface area (Å²) in [5.74, 6) is 0. The van der Waals surface area contributed by atoms with Crippen LogP contribution in [0.2, 0.25) is 0 Å². The third kappa shape index (κ3) is 3.66. The summed E-state index contributed by atoms with van der Waals surface area (Å²) in [6.07, 6.45) is -5.45. The van der Waals surface area contributed by atoms with Gasteiger partial charge in [0.15, 0.2) is 6.29 Å². The van der Waals surface area contributed by atoms with Crippen LogP contribution < -0.4 is 0 Å². The van der Waals surface area contributed by atoms with Gasteiger partial charge in [-0.15, -0.1) is 0 Å². The molecule has 0 aromatic heterocycles. The number of hydrogen-bond donors (Lipinski definition) is 5. The normalized spacial score (nSPS) is 46.4. The first-order valence-electron chi connectivity index (χ1n) is 6.74. The lowest BCUT2D eigenvalue weighted by Crippen LogP contribution is -2.54. The van der Waals surface area contributed by atoms with Crippen LogP contribution in [0, 0.1) is 0 Å². The number of aliphatic hydroxyl groups excluding tert-OH is 5. The van der Waals surface area contributed by atoms with Gasteiger partial charge in [-0.1, -0.05) is 0 Å². The highest BCUT2D eigenvalue weighted by Crippen LogP contribution is 2.22. The van der Waals surface area contributed by atoms with Crippen molar-refractivity contribution < 1.29 is 39.7 Å². The molecule has 0 unspecified atom stereocenters. The van der Waals surface area contributed by atoms with Gasteiger partial charge in [0.25, 0.3) is 0 Å². The maximum absolute atomic E-state index is 9.74. The maximum Gasteiger partial charge on any atom is 0.158 e. The second-order valence-corrected chi connectivity index (χ2v) is 5.19. The number of ether oxygens (including phenoxy) is 3. The van der Waals surface area contributed by atoms with Crippen LogP contribution in [-0.4, -0.2) is 88.3 Å². The van der Waals surface area contributed by atoms with Crippen LogP contribution in [0.1, 0.15) is 12.8 Å². The minimum Gasteiger partial charge on any atom is -0.394 e. The van der Waals surface area contributed by atoms with E-state index in [1.807, 2.05) is 0 Å². The van der Waals surface area contributed by atoms with E-state index in [0.717, 1.165) is 0 Å². The summed E-state index contributed by atoms with van der Waals surface area (Å²) in [6, 6.07) is 0. The molecule has 0 radical (unpaired) electrons. The van der Waals surface area contributed by atoms with Gasteiger partial charge in [-0.2, -0.15) is 0 Å². The lowest BCUT2D eigenvalue weighted by atomic mass is 10.0. The summed E-state index contributed by atoms with van der Waals surface area (Å²) in [7, 11) is 0. The molecule has 2 rings (SSSR count). The van der Waals surface area contributed by atoms with Crippen molar-refractivity contribution in [2.24, 2.45) is 0 Å². The van der Waals surface area contributed by atoms with Crippen molar-refractivity contribution in [1.29, 1.82) is 0 Å². The van der Waals surface area contributed by atoms with Gasteiger partial charge in [-0.05, 0) is 6.42 Å². The molecule has 5 N–H and O–H groups in total. The van der Waals surface area contributed by atoms with Gasteiger partial charge in [-0.3, -0.25) is 0 Å².